The third kappa shape index (κ3) is 5.25. The van der Waals surface area contributed by atoms with Crippen LogP contribution >= 0.6 is 11.3 Å². The molecule has 0 aliphatic heterocycles. The van der Waals surface area contributed by atoms with Gasteiger partial charge >= 0.3 is 5.97 Å². The number of nitrogens with zero attached hydrogens (tertiary/aromatic N) is 1. The topological polar surface area (TPSA) is 93.3 Å². The molecule has 0 saturated heterocycles. The van der Waals surface area contributed by atoms with Crippen molar-refractivity contribution in [2.45, 2.75) is 52.4 Å². The standard InChI is InChI=1S/C21H29N3O4S/c1-13-18(21(26)28-12-11-27-3)14(2)23-19(13)20(25)22-10-6-9-17-24-15-7-4-5-8-16(15)29-17/h23H,4-12H2,1-3H3,(H,22,25). The van der Waals surface area contributed by atoms with Crippen LogP contribution in [0.1, 0.15) is 66.9 Å². The fourth-order valence-corrected chi connectivity index (χ4v) is 4.81. The van der Waals surface area contributed by atoms with Crippen molar-refractivity contribution in [2.24, 2.45) is 0 Å². The summed E-state index contributed by atoms with van der Waals surface area (Å²) in [5, 5.41) is 4.10. The van der Waals surface area contributed by atoms with Crippen molar-refractivity contribution >= 4 is 23.2 Å². The van der Waals surface area contributed by atoms with E-state index in [1.807, 2.05) is 11.3 Å². The van der Waals surface area contributed by atoms with Crippen molar-refractivity contribution in [3.63, 3.8) is 0 Å². The van der Waals surface area contributed by atoms with Gasteiger partial charge in [0, 0.05) is 30.6 Å². The molecule has 1 amide bonds. The van der Waals surface area contributed by atoms with Gasteiger partial charge in [0.05, 0.1) is 22.9 Å². The number of aromatic nitrogens is 2. The quantitative estimate of drug-likeness (QED) is 0.481. The summed E-state index contributed by atoms with van der Waals surface area (Å²) in [6.07, 6.45) is 6.47. The molecule has 2 aromatic heterocycles. The molecule has 2 N–H and O–H groups in total. The van der Waals surface area contributed by atoms with E-state index in [-0.39, 0.29) is 12.5 Å². The van der Waals surface area contributed by atoms with Crippen LogP contribution in [-0.2, 0) is 28.7 Å². The number of hydrogen-bond acceptors (Lipinski definition) is 6. The number of nitrogens with one attached hydrogen (secondary N) is 2. The SMILES string of the molecule is COCCOC(=O)c1c(C)[nH]c(C(=O)NCCCc2nc3c(s2)CCCC3)c1C. The second-order valence-corrected chi connectivity index (χ2v) is 8.47. The first-order chi connectivity index (χ1) is 14.0. The van der Waals surface area contributed by atoms with Gasteiger partial charge in [0.15, 0.2) is 0 Å². The predicted molar refractivity (Wildman–Crippen MR) is 112 cm³/mol. The van der Waals surface area contributed by atoms with Crippen LogP contribution < -0.4 is 5.32 Å². The van der Waals surface area contributed by atoms with Crippen molar-refractivity contribution in [1.29, 1.82) is 0 Å². The van der Waals surface area contributed by atoms with Gasteiger partial charge in [-0.2, -0.15) is 0 Å². The summed E-state index contributed by atoms with van der Waals surface area (Å²) in [6.45, 7) is 4.60. The number of amides is 1. The van der Waals surface area contributed by atoms with E-state index in [4.69, 9.17) is 14.5 Å². The first-order valence-electron chi connectivity index (χ1n) is 10.1. The zero-order chi connectivity index (χ0) is 20.8. The zero-order valence-electron chi connectivity index (χ0n) is 17.4. The van der Waals surface area contributed by atoms with Gasteiger partial charge in [-0.3, -0.25) is 4.79 Å². The summed E-state index contributed by atoms with van der Waals surface area (Å²) in [6, 6.07) is 0. The molecular weight excluding hydrogens is 390 g/mol. The van der Waals surface area contributed by atoms with Gasteiger partial charge in [0.1, 0.15) is 12.3 Å². The van der Waals surface area contributed by atoms with E-state index in [2.05, 4.69) is 10.3 Å². The minimum atomic E-state index is -0.444. The lowest BCUT2D eigenvalue weighted by molar-refractivity contribution is 0.0387. The molecule has 8 heteroatoms. The molecule has 0 fully saturated rings. The number of hydrogen-bond donors (Lipinski definition) is 2. The zero-order valence-corrected chi connectivity index (χ0v) is 18.2. The highest BCUT2D eigenvalue weighted by Crippen LogP contribution is 2.27. The van der Waals surface area contributed by atoms with Crippen molar-refractivity contribution in [2.75, 3.05) is 26.9 Å². The number of thiazole rings is 1. The summed E-state index contributed by atoms with van der Waals surface area (Å²) in [7, 11) is 1.55. The van der Waals surface area contributed by atoms with Crippen molar-refractivity contribution in [3.8, 4) is 0 Å². The van der Waals surface area contributed by atoms with Crippen molar-refractivity contribution in [3.05, 3.63) is 38.1 Å². The van der Waals surface area contributed by atoms with Crippen LogP contribution in [0, 0.1) is 13.8 Å². The first kappa shape index (κ1) is 21.5. The number of carbonyl (C=O) groups excluding carboxylic acids is 2. The maximum Gasteiger partial charge on any atom is 0.340 e. The molecule has 0 spiro atoms. The number of H-pyrrole nitrogens is 1. The molecule has 3 rings (SSSR count). The molecule has 1 aliphatic rings. The van der Waals surface area contributed by atoms with E-state index >= 15 is 0 Å². The number of carbonyl (C=O) groups is 2. The number of ether oxygens (including phenoxy) is 2. The summed E-state index contributed by atoms with van der Waals surface area (Å²) >= 11 is 1.82. The molecule has 29 heavy (non-hydrogen) atoms. The van der Waals surface area contributed by atoms with E-state index < -0.39 is 5.97 Å². The highest BCUT2D eigenvalue weighted by atomic mass is 32.1. The van der Waals surface area contributed by atoms with Crippen LogP contribution in [0.2, 0.25) is 0 Å². The molecule has 0 aromatic carbocycles. The van der Waals surface area contributed by atoms with Gasteiger partial charge < -0.3 is 19.8 Å². The smallest absolute Gasteiger partial charge is 0.340 e. The van der Waals surface area contributed by atoms with E-state index in [1.54, 1.807) is 21.0 Å². The lowest BCUT2D eigenvalue weighted by atomic mass is 10.0. The van der Waals surface area contributed by atoms with Crippen LogP contribution in [0.4, 0.5) is 0 Å². The lowest BCUT2D eigenvalue weighted by Crippen LogP contribution is -2.26. The monoisotopic (exact) mass is 419 g/mol. The van der Waals surface area contributed by atoms with E-state index in [0.29, 0.717) is 35.7 Å². The average molecular weight is 420 g/mol. The van der Waals surface area contributed by atoms with Crippen LogP contribution in [0.5, 0.6) is 0 Å². The number of aromatic amines is 1. The van der Waals surface area contributed by atoms with Gasteiger partial charge in [0.2, 0.25) is 0 Å². The predicted octanol–water partition coefficient (Wildman–Crippen LogP) is 3.13. The van der Waals surface area contributed by atoms with Gasteiger partial charge in [0.25, 0.3) is 5.91 Å². The number of esters is 1. The third-order valence-corrected chi connectivity index (χ3v) is 6.35. The molecule has 0 atom stereocenters. The van der Waals surface area contributed by atoms with Crippen LogP contribution in [-0.4, -0.2) is 48.7 Å². The minimum absolute atomic E-state index is 0.182. The molecule has 2 aromatic rings. The second-order valence-electron chi connectivity index (χ2n) is 7.30. The molecule has 0 saturated carbocycles. The van der Waals surface area contributed by atoms with E-state index in [9.17, 15) is 9.59 Å². The summed E-state index contributed by atoms with van der Waals surface area (Å²) in [4.78, 5) is 34.0. The molecule has 0 unspecified atom stereocenters. The average Bonchev–Trinajstić information content (AvgIpc) is 3.25. The Labute approximate surface area is 175 Å². The number of fused-ring (bicyclic) bond motifs is 1. The normalized spacial score (nSPS) is 13.2. The molecule has 158 valence electrons. The van der Waals surface area contributed by atoms with Gasteiger partial charge in [-0.1, -0.05) is 0 Å². The highest BCUT2D eigenvalue weighted by Gasteiger charge is 2.23. The molecule has 1 aliphatic carbocycles. The third-order valence-electron chi connectivity index (χ3n) is 5.13. The Hall–Kier alpha value is -2.19. The maximum absolute atomic E-state index is 12.6. The lowest BCUT2D eigenvalue weighted by Gasteiger charge is -2.06. The Morgan fingerprint density at radius 1 is 1.21 bits per heavy atom. The summed E-state index contributed by atoms with van der Waals surface area (Å²) in [5.41, 5.74) is 3.34. The summed E-state index contributed by atoms with van der Waals surface area (Å²) in [5.74, 6) is -0.653. The molecule has 7 nitrogen and oxygen atoms in total. The Balaban J connectivity index is 1.51. The van der Waals surface area contributed by atoms with Crippen LogP contribution in [0.15, 0.2) is 0 Å². The molecular formula is C21H29N3O4S. The molecule has 2 heterocycles. The fourth-order valence-electron chi connectivity index (χ4n) is 3.62. The maximum atomic E-state index is 12.6. The molecule has 0 bridgehead atoms. The fraction of sp³-hybridized carbons (Fsp3) is 0.571. The van der Waals surface area contributed by atoms with E-state index in [1.165, 1.54) is 28.4 Å². The van der Waals surface area contributed by atoms with Crippen LogP contribution in [0.25, 0.3) is 0 Å². The molecule has 0 radical (unpaired) electrons. The Morgan fingerprint density at radius 3 is 2.76 bits per heavy atom. The van der Waals surface area contributed by atoms with Crippen LogP contribution in [0.3, 0.4) is 0 Å². The van der Waals surface area contributed by atoms with Gasteiger partial charge in [-0.15, -0.1) is 11.3 Å². The first-order valence-corrected chi connectivity index (χ1v) is 10.9. The number of methoxy groups -OCH3 is 1. The summed E-state index contributed by atoms with van der Waals surface area (Å²) < 4.78 is 10.1. The largest absolute Gasteiger partial charge is 0.460 e. The minimum Gasteiger partial charge on any atom is -0.460 e. The van der Waals surface area contributed by atoms with Gasteiger partial charge in [-0.05, 0) is 51.5 Å². The van der Waals surface area contributed by atoms with Crippen molar-refractivity contribution in [1.82, 2.24) is 15.3 Å². The Kier molecular flexibility index (Phi) is 7.44. The van der Waals surface area contributed by atoms with Crippen molar-refractivity contribution < 1.29 is 19.1 Å². The number of aryl methyl sites for hydroxylation is 4. The Bertz CT molecular complexity index is 848. The van der Waals surface area contributed by atoms with Gasteiger partial charge in [-0.25, -0.2) is 9.78 Å². The Morgan fingerprint density at radius 2 is 2.00 bits per heavy atom. The van der Waals surface area contributed by atoms with E-state index in [0.717, 1.165) is 25.7 Å². The second kappa shape index (κ2) is 10.0. The number of rotatable bonds is 9. The highest BCUT2D eigenvalue weighted by molar-refractivity contribution is 7.11.